The van der Waals surface area contributed by atoms with Crippen molar-refractivity contribution >= 4 is 40.1 Å². The number of carbonyl (C=O) groups excluding carboxylic acids is 4. The van der Waals surface area contributed by atoms with Gasteiger partial charge < -0.3 is 34.3 Å². The van der Waals surface area contributed by atoms with Crippen LogP contribution in [0.5, 0.6) is 5.75 Å². The number of nitrogens with zero attached hydrogens (tertiary/aromatic N) is 4. The van der Waals surface area contributed by atoms with Crippen LogP contribution < -0.4 is 15.4 Å². The Balaban J connectivity index is 0.000000269. The average molecular weight is 1140 g/mol. The van der Waals surface area contributed by atoms with E-state index in [-0.39, 0.29) is 26.1 Å². The van der Waals surface area contributed by atoms with Gasteiger partial charge in [0, 0.05) is 54.3 Å². The fraction of sp³-hybridized carbons (Fsp3) is 0.333. The van der Waals surface area contributed by atoms with E-state index in [4.69, 9.17) is 23.7 Å². The molecule has 414 valence electrons. The first-order chi connectivity index (χ1) is 37.9. The quantitative estimate of drug-likeness (QED) is 0.0371. The molecule has 0 saturated heterocycles. The van der Waals surface area contributed by atoms with Gasteiger partial charge in [0.25, 0.3) is 0 Å². The molecule has 15 nitrogen and oxygen atoms in total. The van der Waals surface area contributed by atoms with Crippen molar-refractivity contribution in [1.82, 2.24) is 30.6 Å². The molecule has 79 heavy (non-hydrogen) atoms. The molecule has 0 aliphatic rings. The third-order valence-corrected chi connectivity index (χ3v) is 12.1. The van der Waals surface area contributed by atoms with Crippen molar-refractivity contribution in [3.8, 4) is 39.7 Å². The van der Waals surface area contributed by atoms with Crippen molar-refractivity contribution in [2.24, 2.45) is 0 Å². The van der Waals surface area contributed by atoms with E-state index in [1.807, 2.05) is 146 Å². The van der Waals surface area contributed by atoms with E-state index in [9.17, 15) is 19.2 Å². The standard InChI is InChI=1S/C38H45N3O5.C25H26BrN3O4/c1-5-6-7-8-12-23-44-33-21-19-30(20-22-33)32-25-39-35(40-26-32)31-17-15-28(16-18-31)24-34(36(42)46-38(2,3)4)41-37(43)45-27-29-13-10-9-11-14-29;1-25(2,3)33-23(30)21(29-24(31)32-16-18-7-5-4-6-8-18)13-17-9-11-19(12-10-17)22-27-14-20(26)15-28-22/h9-11,13-22,25-26,34H,5-8,12,23-24,27H2,1-4H3,(H,41,43);4-12,14-15,21H,13,16H2,1-3H3,(H,29,31)/t34-;21-/m00/s1. The summed E-state index contributed by atoms with van der Waals surface area (Å²) in [4.78, 5) is 68.5. The van der Waals surface area contributed by atoms with E-state index in [0.29, 0.717) is 11.6 Å². The molecule has 7 aromatic rings. The van der Waals surface area contributed by atoms with Crippen LogP contribution in [0.15, 0.2) is 163 Å². The van der Waals surface area contributed by atoms with Gasteiger partial charge in [-0.25, -0.2) is 39.1 Å². The van der Waals surface area contributed by atoms with Gasteiger partial charge in [-0.15, -0.1) is 0 Å². The van der Waals surface area contributed by atoms with Gasteiger partial charge >= 0.3 is 24.1 Å². The number of carbonyl (C=O) groups is 4. The molecule has 0 aliphatic carbocycles. The monoisotopic (exact) mass is 1130 g/mol. The Kier molecular flexibility index (Phi) is 23.1. The second-order valence-electron chi connectivity index (χ2n) is 20.7. The average Bonchev–Trinajstić information content (AvgIpc) is 3.43. The Morgan fingerprint density at radius 3 is 1.30 bits per heavy atom. The molecule has 2 heterocycles. The molecule has 7 rings (SSSR count). The molecule has 0 fully saturated rings. The van der Waals surface area contributed by atoms with Gasteiger partial charge in [-0.1, -0.05) is 154 Å². The summed E-state index contributed by atoms with van der Waals surface area (Å²) < 4.78 is 28.4. The third-order valence-electron chi connectivity index (χ3n) is 11.7. The summed E-state index contributed by atoms with van der Waals surface area (Å²) in [5, 5.41) is 5.33. The summed E-state index contributed by atoms with van der Waals surface area (Å²) in [5.41, 5.74) is 5.60. The summed E-state index contributed by atoms with van der Waals surface area (Å²) in [7, 11) is 0. The minimum Gasteiger partial charge on any atom is -0.494 e. The van der Waals surface area contributed by atoms with E-state index < -0.39 is 47.4 Å². The van der Waals surface area contributed by atoms with Crippen LogP contribution in [0.1, 0.15) is 103 Å². The van der Waals surface area contributed by atoms with Gasteiger partial charge in [0.2, 0.25) is 0 Å². The molecule has 0 spiro atoms. The van der Waals surface area contributed by atoms with Gasteiger partial charge in [0.1, 0.15) is 42.2 Å². The number of amides is 2. The van der Waals surface area contributed by atoms with Crippen molar-refractivity contribution in [3.63, 3.8) is 0 Å². The normalized spacial score (nSPS) is 11.9. The zero-order valence-corrected chi connectivity index (χ0v) is 47.7. The second kappa shape index (κ2) is 30.2. The first kappa shape index (κ1) is 60.3. The van der Waals surface area contributed by atoms with Gasteiger partial charge in [-0.05, 0) is 104 Å². The fourth-order valence-corrected chi connectivity index (χ4v) is 7.93. The van der Waals surface area contributed by atoms with Crippen LogP contribution in [-0.4, -0.2) is 74.0 Å². The number of hydrogen-bond donors (Lipinski definition) is 2. The number of rotatable bonds is 22. The molecule has 0 saturated carbocycles. The number of esters is 2. The molecule has 2 amide bonds. The van der Waals surface area contributed by atoms with E-state index in [2.05, 4.69) is 53.4 Å². The Morgan fingerprint density at radius 2 is 0.886 bits per heavy atom. The van der Waals surface area contributed by atoms with Crippen LogP contribution in [0.25, 0.3) is 33.9 Å². The van der Waals surface area contributed by atoms with Crippen LogP contribution in [0, 0.1) is 0 Å². The highest BCUT2D eigenvalue weighted by Crippen LogP contribution is 2.25. The molecule has 16 heteroatoms. The second-order valence-corrected chi connectivity index (χ2v) is 21.6. The van der Waals surface area contributed by atoms with Crippen molar-refractivity contribution in [1.29, 1.82) is 0 Å². The van der Waals surface area contributed by atoms with Crippen molar-refractivity contribution < 1.29 is 42.9 Å². The van der Waals surface area contributed by atoms with Crippen molar-refractivity contribution in [2.75, 3.05) is 6.61 Å². The first-order valence-electron chi connectivity index (χ1n) is 26.5. The minimum absolute atomic E-state index is 0.0974. The molecule has 2 aromatic heterocycles. The van der Waals surface area contributed by atoms with Gasteiger partial charge in [0.05, 0.1) is 11.1 Å². The molecule has 0 aliphatic heterocycles. The number of ether oxygens (including phenoxy) is 5. The molecule has 2 N–H and O–H groups in total. The Bertz CT molecular complexity index is 2970. The number of alkyl carbamates (subject to hydrolysis) is 2. The van der Waals surface area contributed by atoms with Gasteiger partial charge in [-0.3, -0.25) is 0 Å². The van der Waals surface area contributed by atoms with Gasteiger partial charge in [-0.2, -0.15) is 0 Å². The maximum atomic E-state index is 13.0. The summed E-state index contributed by atoms with van der Waals surface area (Å²) in [5.74, 6) is 0.986. The third kappa shape index (κ3) is 21.8. The highest BCUT2D eigenvalue weighted by Gasteiger charge is 2.29. The number of unbranched alkanes of at least 4 members (excludes halogenated alkanes) is 4. The van der Waals surface area contributed by atoms with E-state index >= 15 is 0 Å². The van der Waals surface area contributed by atoms with Crippen LogP contribution in [0.3, 0.4) is 0 Å². The maximum Gasteiger partial charge on any atom is 0.408 e. The van der Waals surface area contributed by atoms with E-state index in [1.54, 1.807) is 53.9 Å². The fourth-order valence-electron chi connectivity index (χ4n) is 7.72. The number of aromatic nitrogens is 4. The van der Waals surface area contributed by atoms with Crippen molar-refractivity contribution in [3.05, 3.63) is 185 Å². The van der Waals surface area contributed by atoms with Crippen LogP contribution in [0.2, 0.25) is 0 Å². The smallest absolute Gasteiger partial charge is 0.408 e. The SMILES string of the molecule is CC(C)(C)OC(=O)[C@H](Cc1ccc(-c2ncc(Br)cn2)cc1)NC(=O)OCc1ccccc1.CCCCCCCOc1ccc(-c2cnc(-c3ccc(C[C@H](NC(=O)OCc4ccccc4)C(=O)OC(C)(C)C)cc3)nc2)cc1. The molecular weight excluding hydrogens is 1060 g/mol. The highest BCUT2D eigenvalue weighted by atomic mass is 79.9. The maximum absolute atomic E-state index is 13.0. The number of halogens is 1. The molecule has 0 radical (unpaired) electrons. The van der Waals surface area contributed by atoms with Crippen LogP contribution >= 0.6 is 15.9 Å². The Hall–Kier alpha value is -7.98. The first-order valence-corrected chi connectivity index (χ1v) is 27.3. The molecule has 5 aromatic carbocycles. The Labute approximate surface area is 472 Å². The predicted molar refractivity (Wildman–Crippen MR) is 309 cm³/mol. The summed E-state index contributed by atoms with van der Waals surface area (Å²) in [6.07, 6.45) is 12.1. The lowest BCUT2D eigenvalue weighted by Gasteiger charge is -2.24. The highest BCUT2D eigenvalue weighted by molar-refractivity contribution is 9.10. The Morgan fingerprint density at radius 1 is 0.481 bits per heavy atom. The zero-order chi connectivity index (χ0) is 56.6. The lowest BCUT2D eigenvalue weighted by molar-refractivity contribution is -0.158. The van der Waals surface area contributed by atoms with Crippen molar-refractivity contribution in [2.45, 2.75) is 130 Å². The summed E-state index contributed by atoms with van der Waals surface area (Å²) in [6.45, 7) is 13.9. The van der Waals surface area contributed by atoms with E-state index in [0.717, 1.165) is 67.8 Å². The lowest BCUT2D eigenvalue weighted by Crippen LogP contribution is -2.45. The van der Waals surface area contributed by atoms with Gasteiger partial charge in [0.15, 0.2) is 11.6 Å². The number of benzene rings is 5. The van der Waals surface area contributed by atoms with Crippen LogP contribution in [0.4, 0.5) is 9.59 Å². The zero-order valence-electron chi connectivity index (χ0n) is 46.1. The number of nitrogens with one attached hydrogen (secondary N) is 2. The predicted octanol–water partition coefficient (Wildman–Crippen LogP) is 13.4. The number of hydrogen-bond acceptors (Lipinski definition) is 13. The summed E-state index contributed by atoms with van der Waals surface area (Å²) in [6, 6.07) is 39.9. The van der Waals surface area contributed by atoms with Crippen LogP contribution in [-0.2, 0) is 54.6 Å². The minimum atomic E-state index is -0.925. The van der Waals surface area contributed by atoms with E-state index in [1.165, 1.54) is 25.7 Å². The molecular formula is C63H71BrN6O9. The molecule has 0 unspecified atom stereocenters. The molecule has 2 atom stereocenters. The largest absolute Gasteiger partial charge is 0.494 e. The summed E-state index contributed by atoms with van der Waals surface area (Å²) >= 11 is 3.32. The molecule has 0 bridgehead atoms. The topological polar surface area (TPSA) is 190 Å². The lowest BCUT2D eigenvalue weighted by atomic mass is 10.0.